The quantitative estimate of drug-likeness (QED) is 0.248. The number of benzene rings is 1. The molecule has 6 heterocycles. The van der Waals surface area contributed by atoms with Gasteiger partial charge in [-0.3, -0.25) is 29.0 Å². The number of likely N-dealkylation sites (N-methyl/N-ethyl adjacent to an activating group) is 2. The number of rotatable bonds is 2. The fraction of sp³-hybridized carbons (Fsp3) is 0.188. The van der Waals surface area contributed by atoms with Gasteiger partial charge < -0.3 is 9.13 Å². The highest BCUT2D eigenvalue weighted by Gasteiger charge is 2.35. The Labute approximate surface area is 268 Å². The summed E-state index contributed by atoms with van der Waals surface area (Å²) in [6.07, 6.45) is 0. The molecule has 0 fully saturated rings. The highest BCUT2D eigenvalue weighted by molar-refractivity contribution is 7.24. The third kappa shape index (κ3) is 3.81. The molecule has 0 N–H and O–H groups in total. The molecule has 5 aromatic rings. The van der Waals surface area contributed by atoms with E-state index in [1.807, 2.05) is 38.4 Å². The van der Waals surface area contributed by atoms with Crippen LogP contribution in [0.5, 0.6) is 0 Å². The summed E-state index contributed by atoms with van der Waals surface area (Å²) in [5.74, 6) is -2.37. The Hall–Kier alpha value is -5.70. The first kappa shape index (κ1) is 29.0. The van der Waals surface area contributed by atoms with Gasteiger partial charge in [0.1, 0.15) is 44.7 Å². The molecule has 226 valence electrons. The molecule has 4 amide bonds. The van der Waals surface area contributed by atoms with Crippen LogP contribution in [0.4, 0.5) is 10.0 Å². The fourth-order valence-corrected chi connectivity index (χ4v) is 8.13. The zero-order valence-corrected chi connectivity index (χ0v) is 27.0. The summed E-state index contributed by atoms with van der Waals surface area (Å²) in [5, 5.41) is 22.1. The van der Waals surface area contributed by atoms with Crippen LogP contribution in [-0.4, -0.2) is 68.1 Å². The molecule has 2 aliphatic heterocycles. The van der Waals surface area contributed by atoms with E-state index in [0.717, 1.165) is 52.0 Å². The van der Waals surface area contributed by atoms with E-state index in [1.54, 1.807) is 13.8 Å². The highest BCUT2D eigenvalue weighted by atomic mass is 32.1. The van der Waals surface area contributed by atoms with Gasteiger partial charge in [0.2, 0.25) is 0 Å². The lowest BCUT2D eigenvalue weighted by molar-refractivity contribution is -0.138. The topological polar surface area (TPSA) is 157 Å². The Kier molecular flexibility index (Phi) is 6.25. The third-order valence-electron chi connectivity index (χ3n) is 8.63. The van der Waals surface area contributed by atoms with Gasteiger partial charge in [0.05, 0.1) is 31.5 Å². The molecule has 0 saturated heterocycles. The molecule has 4 aromatic heterocycles. The zero-order valence-electron chi connectivity index (χ0n) is 25.3. The second-order valence-electron chi connectivity index (χ2n) is 11.1. The van der Waals surface area contributed by atoms with Crippen molar-refractivity contribution in [2.75, 3.05) is 14.1 Å². The number of aliphatic imine (C=N–C) groups is 2. The standard InChI is InChI=1S/C32H22N8O4S2/c1-13-17(11-33)29(41)39(5)31(43)25(13)35-23-9-21-27(45-23)15-7-20-16(8-19(15)37(21)3)28-22(38(20)4)10-24(46-28)36-26-14(2)18(12-34)30(42)40(6)32(26)44/h7-10H,1-6H3. The minimum Gasteiger partial charge on any atom is -0.343 e. The molecule has 0 unspecified atom stereocenters. The van der Waals surface area contributed by atoms with Gasteiger partial charge in [-0.25, -0.2) is 9.98 Å². The van der Waals surface area contributed by atoms with Crippen LogP contribution in [0, 0.1) is 22.7 Å². The Balaban J connectivity index is 1.36. The minimum absolute atomic E-state index is 0.0710. The van der Waals surface area contributed by atoms with Crippen LogP contribution in [0.3, 0.4) is 0 Å². The predicted octanol–water partition coefficient (Wildman–Crippen LogP) is 4.92. The van der Waals surface area contributed by atoms with Crippen molar-refractivity contribution in [1.29, 1.82) is 10.5 Å². The van der Waals surface area contributed by atoms with Gasteiger partial charge in [0.25, 0.3) is 23.6 Å². The van der Waals surface area contributed by atoms with Crippen LogP contribution in [-0.2, 0) is 33.3 Å². The van der Waals surface area contributed by atoms with Crippen molar-refractivity contribution in [1.82, 2.24) is 18.9 Å². The van der Waals surface area contributed by atoms with Crippen molar-refractivity contribution in [2.24, 2.45) is 24.1 Å². The number of amides is 4. The summed E-state index contributed by atoms with van der Waals surface area (Å²) < 4.78 is 6.08. The summed E-state index contributed by atoms with van der Waals surface area (Å²) in [4.78, 5) is 61.5. The number of hydrogen-bond acceptors (Lipinski definition) is 10. The number of aryl methyl sites for hydroxylation is 2. The molecule has 1 aromatic carbocycles. The second kappa shape index (κ2) is 9.90. The predicted molar refractivity (Wildman–Crippen MR) is 177 cm³/mol. The average Bonchev–Trinajstić information content (AvgIpc) is 3.77. The summed E-state index contributed by atoms with van der Waals surface area (Å²) in [6, 6.07) is 11.8. The second-order valence-corrected chi connectivity index (χ2v) is 13.1. The van der Waals surface area contributed by atoms with E-state index in [0.29, 0.717) is 10.0 Å². The Bertz CT molecular complexity index is 2370. The van der Waals surface area contributed by atoms with Gasteiger partial charge >= 0.3 is 0 Å². The molecular weight excluding hydrogens is 625 g/mol. The van der Waals surface area contributed by atoms with E-state index >= 15 is 0 Å². The van der Waals surface area contributed by atoms with Crippen LogP contribution in [0.15, 0.2) is 56.5 Å². The zero-order chi connectivity index (χ0) is 32.9. The van der Waals surface area contributed by atoms with Crippen LogP contribution in [0.1, 0.15) is 13.8 Å². The SMILES string of the molecule is CC1=C(C#N)C(=O)N(C)C(=O)C1=Nc1cc2c(s1)c1cc3c(cc1n2C)c1sc(N=C2C(=O)N(C)C(=O)C(C#N)=C2C)cc1n3C. The van der Waals surface area contributed by atoms with Crippen LogP contribution < -0.4 is 0 Å². The number of fused-ring (bicyclic) bond motifs is 6. The van der Waals surface area contributed by atoms with E-state index in [-0.39, 0.29) is 33.7 Å². The van der Waals surface area contributed by atoms with Gasteiger partial charge in [-0.05, 0) is 38.1 Å². The average molecular weight is 647 g/mol. The molecule has 0 bridgehead atoms. The van der Waals surface area contributed by atoms with E-state index in [9.17, 15) is 29.7 Å². The van der Waals surface area contributed by atoms with Crippen molar-refractivity contribution in [3.05, 3.63) is 46.6 Å². The normalized spacial score (nSPS) is 18.2. The largest absolute Gasteiger partial charge is 0.343 e. The molecule has 46 heavy (non-hydrogen) atoms. The molecule has 0 radical (unpaired) electrons. The molecular formula is C32H22N8O4S2. The molecule has 12 nitrogen and oxygen atoms in total. The number of aromatic nitrogens is 2. The van der Waals surface area contributed by atoms with E-state index in [1.165, 1.54) is 36.8 Å². The van der Waals surface area contributed by atoms with Crippen molar-refractivity contribution in [3.8, 4) is 12.1 Å². The summed E-state index contributed by atoms with van der Waals surface area (Å²) in [7, 11) is 6.59. The van der Waals surface area contributed by atoms with Gasteiger partial charge in [0.15, 0.2) is 0 Å². The first-order valence-electron chi connectivity index (χ1n) is 13.9. The number of nitrogens with zero attached hydrogens (tertiary/aromatic N) is 8. The molecule has 0 aliphatic carbocycles. The van der Waals surface area contributed by atoms with Crippen molar-refractivity contribution in [3.63, 3.8) is 0 Å². The first-order valence-corrected chi connectivity index (χ1v) is 15.5. The van der Waals surface area contributed by atoms with Crippen LogP contribution >= 0.6 is 22.7 Å². The fourth-order valence-electron chi connectivity index (χ4n) is 5.95. The Morgan fingerprint density at radius 1 is 0.587 bits per heavy atom. The number of nitriles is 2. The summed E-state index contributed by atoms with van der Waals surface area (Å²) in [6.45, 7) is 3.12. The molecule has 0 saturated carbocycles. The molecule has 14 heteroatoms. The molecule has 7 rings (SSSR count). The number of carbonyl (C=O) groups excluding carboxylic acids is 4. The maximum Gasteiger partial charge on any atom is 0.279 e. The van der Waals surface area contributed by atoms with Crippen molar-refractivity contribution in [2.45, 2.75) is 13.8 Å². The molecule has 0 atom stereocenters. The van der Waals surface area contributed by atoms with Gasteiger partial charge in [-0.2, -0.15) is 10.5 Å². The van der Waals surface area contributed by atoms with Crippen LogP contribution in [0.2, 0.25) is 0 Å². The van der Waals surface area contributed by atoms with Gasteiger partial charge in [0, 0.05) is 50.1 Å². The van der Waals surface area contributed by atoms with Gasteiger partial charge in [-0.15, -0.1) is 22.7 Å². The lowest BCUT2D eigenvalue weighted by atomic mass is 9.99. The van der Waals surface area contributed by atoms with Crippen molar-refractivity contribution >= 4 is 110 Å². The van der Waals surface area contributed by atoms with Crippen LogP contribution in [0.25, 0.3) is 42.2 Å². The van der Waals surface area contributed by atoms with Gasteiger partial charge in [-0.1, -0.05) is 0 Å². The number of imide groups is 2. The highest BCUT2D eigenvalue weighted by Crippen LogP contribution is 2.44. The van der Waals surface area contributed by atoms with E-state index < -0.39 is 23.6 Å². The third-order valence-corrected chi connectivity index (χ3v) is 10.7. The monoisotopic (exact) mass is 646 g/mol. The Morgan fingerprint density at radius 3 is 1.30 bits per heavy atom. The molecule has 0 spiro atoms. The van der Waals surface area contributed by atoms with E-state index in [2.05, 4.69) is 31.3 Å². The van der Waals surface area contributed by atoms with Crippen molar-refractivity contribution < 1.29 is 19.2 Å². The first-order chi connectivity index (χ1) is 21.9. The molecule has 2 aliphatic rings. The lowest BCUT2D eigenvalue weighted by Gasteiger charge is -2.22. The number of hydrogen-bond donors (Lipinski definition) is 0. The number of thiophene rings is 2. The maximum absolute atomic E-state index is 12.9. The lowest BCUT2D eigenvalue weighted by Crippen LogP contribution is -2.44. The number of carbonyl (C=O) groups is 4. The Morgan fingerprint density at radius 2 is 0.957 bits per heavy atom. The summed E-state index contributed by atoms with van der Waals surface area (Å²) >= 11 is 2.85. The minimum atomic E-state index is -0.635. The summed E-state index contributed by atoms with van der Waals surface area (Å²) in [5.41, 5.74) is 4.29. The smallest absolute Gasteiger partial charge is 0.279 e. The maximum atomic E-state index is 12.9. The van der Waals surface area contributed by atoms with E-state index in [4.69, 9.17) is 0 Å².